The number of nitrogens with one attached hydrogen (secondary N) is 2. The molecule has 2 heterocycles. The number of nitrogens with zero attached hydrogens (tertiary/aromatic N) is 2. The van der Waals surface area contributed by atoms with Gasteiger partial charge in [-0.05, 0) is 13.0 Å². The van der Waals surface area contributed by atoms with Crippen LogP contribution in [0.1, 0.15) is 18.5 Å². The average molecular weight is 380 g/mol. The van der Waals surface area contributed by atoms with Gasteiger partial charge in [-0.2, -0.15) is 5.10 Å². The second kappa shape index (κ2) is 8.63. The van der Waals surface area contributed by atoms with Crippen molar-refractivity contribution in [2.24, 2.45) is 5.10 Å². The van der Waals surface area contributed by atoms with Crippen LogP contribution in [0.2, 0.25) is 10.0 Å². The van der Waals surface area contributed by atoms with Gasteiger partial charge in [0.15, 0.2) is 11.9 Å². The maximum Gasteiger partial charge on any atom is 0.165 e. The van der Waals surface area contributed by atoms with Crippen molar-refractivity contribution in [2.45, 2.75) is 13.0 Å². The van der Waals surface area contributed by atoms with Gasteiger partial charge in [0.05, 0.1) is 29.0 Å². The maximum atomic E-state index is 6.16. The Morgan fingerprint density at radius 3 is 2.64 bits per heavy atom. The second-order valence-corrected chi connectivity index (χ2v) is 6.81. The maximum absolute atomic E-state index is 6.16. The Balaban J connectivity index is 1.84. The third-order valence-corrected chi connectivity index (χ3v) is 4.73. The topological polar surface area (TPSA) is 51.0 Å². The number of rotatable bonds is 5. The molecule has 1 aromatic carbocycles. The molecule has 0 amide bonds. The van der Waals surface area contributed by atoms with Crippen LogP contribution < -0.4 is 10.3 Å². The van der Waals surface area contributed by atoms with E-state index in [1.165, 1.54) is 10.5 Å². The number of aromatic nitrogens is 1. The van der Waals surface area contributed by atoms with E-state index in [1.807, 2.05) is 13.0 Å². The van der Waals surface area contributed by atoms with E-state index in [0.29, 0.717) is 15.9 Å². The first kappa shape index (κ1) is 18.1. The van der Waals surface area contributed by atoms with E-state index in [4.69, 9.17) is 27.9 Å². The molecular weight excluding hydrogens is 359 g/mol. The third kappa shape index (κ3) is 4.70. The molecule has 2 aromatic rings. The van der Waals surface area contributed by atoms with Gasteiger partial charge in [-0.3, -0.25) is 5.43 Å². The summed E-state index contributed by atoms with van der Waals surface area (Å²) in [5.41, 5.74) is 5.17. The standard InChI is InChI=1S/C18H20Cl2N4O/c1-13(22-23-18-16(20)11-15(19)12-21-18)17(14-5-3-2-4-6-14)24-7-9-25-10-8-24/h2-6,11-12,17H,7-10H2,1H3,(H,21,23)/p+1/b22-13-/t17-/m1/s1. The molecule has 1 fully saturated rings. The van der Waals surface area contributed by atoms with Crippen molar-refractivity contribution in [2.75, 3.05) is 31.7 Å². The lowest BCUT2D eigenvalue weighted by molar-refractivity contribution is -0.928. The van der Waals surface area contributed by atoms with Crippen LogP contribution in [0.15, 0.2) is 47.7 Å². The fourth-order valence-electron chi connectivity index (χ4n) is 3.04. The summed E-state index contributed by atoms with van der Waals surface area (Å²) in [5.74, 6) is 0.495. The molecule has 0 saturated carbocycles. The lowest BCUT2D eigenvalue weighted by atomic mass is 10.0. The molecule has 132 valence electrons. The Bertz CT molecular complexity index is 733. The van der Waals surface area contributed by atoms with Gasteiger partial charge < -0.3 is 9.64 Å². The molecule has 0 aliphatic carbocycles. The molecule has 1 saturated heterocycles. The molecule has 1 aliphatic rings. The SMILES string of the molecule is C/C(=N/Nc1ncc(Cl)cc1Cl)[C@H](c1ccccc1)[NH+]1CCOCC1. The number of hydrazone groups is 1. The Hall–Kier alpha value is -1.66. The number of ether oxygens (including phenoxy) is 1. The molecule has 0 bridgehead atoms. The molecular formula is C18H21Cl2N4O+. The summed E-state index contributed by atoms with van der Waals surface area (Å²) in [6.07, 6.45) is 1.54. The van der Waals surface area contributed by atoms with Crippen LogP contribution in [0.3, 0.4) is 0 Å². The van der Waals surface area contributed by atoms with E-state index in [1.54, 1.807) is 12.3 Å². The molecule has 1 aromatic heterocycles. The zero-order valence-corrected chi connectivity index (χ0v) is 15.5. The highest BCUT2D eigenvalue weighted by Crippen LogP contribution is 2.22. The van der Waals surface area contributed by atoms with Crippen LogP contribution in [-0.2, 0) is 4.74 Å². The third-order valence-electron chi connectivity index (χ3n) is 4.24. The molecule has 7 heteroatoms. The predicted octanol–water partition coefficient (Wildman–Crippen LogP) is 2.83. The fourth-order valence-corrected chi connectivity index (χ4v) is 3.46. The van der Waals surface area contributed by atoms with Gasteiger partial charge in [-0.25, -0.2) is 4.98 Å². The highest BCUT2D eigenvalue weighted by atomic mass is 35.5. The number of morpholine rings is 1. The zero-order valence-electron chi connectivity index (χ0n) is 14.0. The van der Waals surface area contributed by atoms with Crippen molar-refractivity contribution >= 4 is 34.7 Å². The first-order valence-corrected chi connectivity index (χ1v) is 8.99. The molecule has 5 nitrogen and oxygen atoms in total. The van der Waals surface area contributed by atoms with Gasteiger partial charge in [0.1, 0.15) is 13.1 Å². The lowest BCUT2D eigenvalue weighted by Crippen LogP contribution is -3.15. The van der Waals surface area contributed by atoms with Gasteiger partial charge in [-0.15, -0.1) is 0 Å². The molecule has 0 radical (unpaired) electrons. The average Bonchev–Trinajstić information content (AvgIpc) is 2.63. The van der Waals surface area contributed by atoms with Crippen LogP contribution >= 0.6 is 23.2 Å². The van der Waals surface area contributed by atoms with Gasteiger partial charge in [0, 0.05) is 11.8 Å². The van der Waals surface area contributed by atoms with Crippen molar-refractivity contribution in [3.05, 3.63) is 58.2 Å². The number of hydrogen-bond donors (Lipinski definition) is 2. The van der Waals surface area contributed by atoms with E-state index in [-0.39, 0.29) is 6.04 Å². The van der Waals surface area contributed by atoms with Crippen LogP contribution in [0.4, 0.5) is 5.82 Å². The number of benzene rings is 1. The minimum atomic E-state index is 0.156. The second-order valence-electron chi connectivity index (χ2n) is 5.96. The van der Waals surface area contributed by atoms with Crippen molar-refractivity contribution < 1.29 is 9.64 Å². The molecule has 1 aliphatic heterocycles. The first-order valence-electron chi connectivity index (χ1n) is 8.23. The highest BCUT2D eigenvalue weighted by molar-refractivity contribution is 6.35. The summed E-state index contributed by atoms with van der Waals surface area (Å²) in [7, 11) is 0. The summed E-state index contributed by atoms with van der Waals surface area (Å²) < 4.78 is 5.51. The van der Waals surface area contributed by atoms with Crippen LogP contribution in [-0.4, -0.2) is 37.0 Å². The Morgan fingerprint density at radius 2 is 1.96 bits per heavy atom. The van der Waals surface area contributed by atoms with Gasteiger partial charge in [0.2, 0.25) is 0 Å². The molecule has 0 unspecified atom stereocenters. The highest BCUT2D eigenvalue weighted by Gasteiger charge is 2.29. The fraction of sp³-hybridized carbons (Fsp3) is 0.333. The molecule has 0 spiro atoms. The molecule has 25 heavy (non-hydrogen) atoms. The van der Waals surface area contributed by atoms with E-state index >= 15 is 0 Å². The first-order chi connectivity index (χ1) is 12.1. The van der Waals surface area contributed by atoms with Crippen molar-refractivity contribution in [3.8, 4) is 0 Å². The molecule has 2 N–H and O–H groups in total. The van der Waals surface area contributed by atoms with Crippen LogP contribution in [0, 0.1) is 0 Å². The summed E-state index contributed by atoms with van der Waals surface area (Å²) >= 11 is 12.0. The summed E-state index contributed by atoms with van der Waals surface area (Å²) in [5, 5.41) is 5.49. The van der Waals surface area contributed by atoms with Crippen molar-refractivity contribution in [1.82, 2.24) is 4.98 Å². The van der Waals surface area contributed by atoms with Gasteiger partial charge in [0.25, 0.3) is 0 Å². The summed E-state index contributed by atoms with van der Waals surface area (Å²) in [4.78, 5) is 5.63. The quantitative estimate of drug-likeness (QED) is 0.620. The van der Waals surface area contributed by atoms with Crippen molar-refractivity contribution in [3.63, 3.8) is 0 Å². The Labute approximate surface area is 157 Å². The zero-order chi connectivity index (χ0) is 17.6. The van der Waals surface area contributed by atoms with Crippen LogP contribution in [0.5, 0.6) is 0 Å². The normalized spacial score (nSPS) is 17.3. The van der Waals surface area contributed by atoms with Crippen molar-refractivity contribution in [1.29, 1.82) is 0 Å². The largest absolute Gasteiger partial charge is 0.370 e. The molecule has 1 atom stereocenters. The number of pyridine rings is 1. The van der Waals surface area contributed by atoms with E-state index in [0.717, 1.165) is 32.0 Å². The van der Waals surface area contributed by atoms with E-state index < -0.39 is 0 Å². The summed E-state index contributed by atoms with van der Waals surface area (Å²) in [6.45, 7) is 5.46. The van der Waals surface area contributed by atoms with Gasteiger partial charge >= 0.3 is 0 Å². The number of anilines is 1. The number of halogens is 2. The summed E-state index contributed by atoms with van der Waals surface area (Å²) in [6, 6.07) is 12.2. The molecule has 3 rings (SSSR count). The van der Waals surface area contributed by atoms with Crippen LogP contribution in [0.25, 0.3) is 0 Å². The minimum absolute atomic E-state index is 0.156. The number of quaternary nitrogens is 1. The van der Waals surface area contributed by atoms with E-state index in [9.17, 15) is 0 Å². The lowest BCUT2D eigenvalue weighted by Gasteiger charge is -2.31. The Kier molecular flexibility index (Phi) is 6.26. The van der Waals surface area contributed by atoms with E-state index in [2.05, 4.69) is 39.8 Å². The van der Waals surface area contributed by atoms with Gasteiger partial charge in [-0.1, -0.05) is 53.5 Å². The minimum Gasteiger partial charge on any atom is -0.370 e. The number of hydrogen-bond acceptors (Lipinski definition) is 4. The Morgan fingerprint density at radius 1 is 1.24 bits per heavy atom. The monoisotopic (exact) mass is 379 g/mol. The smallest absolute Gasteiger partial charge is 0.165 e. The predicted molar refractivity (Wildman–Crippen MR) is 102 cm³/mol.